The Kier molecular flexibility index (Phi) is 4.32. The maximum absolute atomic E-state index is 12.4. The molecule has 0 fully saturated rings. The molecule has 2 aromatic carbocycles. The fraction of sp³-hybridized carbons (Fsp3) is 0.278. The summed E-state index contributed by atoms with van der Waals surface area (Å²) in [5.74, 6) is 0.143. The minimum atomic E-state index is -0.244. The number of carbonyl (C=O) groups excluding carboxylic acids is 1. The van der Waals surface area contributed by atoms with Crippen LogP contribution in [-0.4, -0.2) is 16.0 Å². The van der Waals surface area contributed by atoms with Crippen LogP contribution < -0.4 is 0 Å². The number of carbonyl (C=O) groups is 1. The minimum Gasteiger partial charge on any atom is -0.508 e. The molecule has 3 nitrogen and oxygen atoms in total. The zero-order chi connectivity index (χ0) is 15.6. The molecule has 0 unspecified atom stereocenters. The van der Waals surface area contributed by atoms with Crippen molar-refractivity contribution in [3.8, 4) is 11.5 Å². The van der Waals surface area contributed by atoms with Gasteiger partial charge in [-0.2, -0.15) is 0 Å². The lowest BCUT2D eigenvalue weighted by atomic mass is 9.97. The quantitative estimate of drug-likeness (QED) is 0.839. The maximum Gasteiger partial charge on any atom is 0.196 e. The highest BCUT2D eigenvalue weighted by atomic mass is 16.3. The molecule has 3 heteroatoms. The highest BCUT2D eigenvalue weighted by Gasteiger charge is 2.16. The van der Waals surface area contributed by atoms with Crippen molar-refractivity contribution in [2.45, 2.75) is 27.2 Å². The molecule has 0 heterocycles. The van der Waals surface area contributed by atoms with Crippen molar-refractivity contribution in [1.29, 1.82) is 0 Å². The number of benzene rings is 2. The Labute approximate surface area is 124 Å². The molecular weight excluding hydrogens is 264 g/mol. The highest BCUT2D eigenvalue weighted by Crippen LogP contribution is 2.30. The molecule has 0 aliphatic rings. The number of hydrogen-bond donors (Lipinski definition) is 2. The van der Waals surface area contributed by atoms with Crippen molar-refractivity contribution in [2.24, 2.45) is 5.92 Å². The first-order chi connectivity index (χ1) is 9.90. The molecule has 0 aliphatic carbocycles. The van der Waals surface area contributed by atoms with Gasteiger partial charge in [-0.1, -0.05) is 38.1 Å². The summed E-state index contributed by atoms with van der Waals surface area (Å²) >= 11 is 0. The van der Waals surface area contributed by atoms with Gasteiger partial charge in [-0.15, -0.1) is 0 Å². The van der Waals surface area contributed by atoms with Crippen molar-refractivity contribution in [2.75, 3.05) is 0 Å². The summed E-state index contributed by atoms with van der Waals surface area (Å²) in [7, 11) is 0. The monoisotopic (exact) mass is 284 g/mol. The van der Waals surface area contributed by atoms with Crippen LogP contribution >= 0.6 is 0 Å². The zero-order valence-corrected chi connectivity index (χ0v) is 12.6. The number of phenolic OH excluding ortho intramolecular Hbond substituents is 2. The Morgan fingerprint density at radius 1 is 1.05 bits per heavy atom. The van der Waals surface area contributed by atoms with Crippen LogP contribution in [0.5, 0.6) is 11.5 Å². The topological polar surface area (TPSA) is 57.5 Å². The van der Waals surface area contributed by atoms with Crippen molar-refractivity contribution >= 4 is 5.78 Å². The smallest absolute Gasteiger partial charge is 0.196 e. The molecule has 2 rings (SSSR count). The van der Waals surface area contributed by atoms with E-state index in [0.717, 1.165) is 6.42 Å². The van der Waals surface area contributed by atoms with Crippen LogP contribution in [0.4, 0.5) is 0 Å². The summed E-state index contributed by atoms with van der Waals surface area (Å²) in [6, 6.07) is 10.3. The van der Waals surface area contributed by atoms with E-state index in [1.807, 2.05) is 12.1 Å². The Morgan fingerprint density at radius 3 is 2.24 bits per heavy atom. The third-order valence-corrected chi connectivity index (χ3v) is 3.51. The number of hydrogen-bond acceptors (Lipinski definition) is 3. The summed E-state index contributed by atoms with van der Waals surface area (Å²) in [6.45, 7) is 5.87. The van der Waals surface area contributed by atoms with E-state index in [9.17, 15) is 15.0 Å². The normalized spacial score (nSPS) is 10.9. The minimum absolute atomic E-state index is 0.0173. The molecule has 2 N–H and O–H groups in total. The van der Waals surface area contributed by atoms with E-state index in [1.54, 1.807) is 19.1 Å². The van der Waals surface area contributed by atoms with E-state index >= 15 is 0 Å². The number of ketones is 1. The van der Waals surface area contributed by atoms with Crippen LogP contribution in [0.15, 0.2) is 36.4 Å². The molecule has 0 atom stereocenters. The summed E-state index contributed by atoms with van der Waals surface area (Å²) in [5.41, 5.74) is 2.25. The predicted octanol–water partition coefficient (Wildman–Crippen LogP) is 3.84. The molecule has 0 spiro atoms. The van der Waals surface area contributed by atoms with Crippen molar-refractivity contribution in [3.63, 3.8) is 0 Å². The van der Waals surface area contributed by atoms with Crippen molar-refractivity contribution < 1.29 is 15.0 Å². The third-order valence-electron chi connectivity index (χ3n) is 3.51. The van der Waals surface area contributed by atoms with Gasteiger partial charge in [0.25, 0.3) is 0 Å². The predicted molar refractivity (Wildman–Crippen MR) is 82.9 cm³/mol. The van der Waals surface area contributed by atoms with Gasteiger partial charge in [-0.25, -0.2) is 0 Å². The first-order valence-electron chi connectivity index (χ1n) is 7.05. The van der Waals surface area contributed by atoms with E-state index in [-0.39, 0.29) is 22.8 Å². The third kappa shape index (κ3) is 3.24. The van der Waals surface area contributed by atoms with Crippen molar-refractivity contribution in [3.05, 3.63) is 58.7 Å². The van der Waals surface area contributed by atoms with Crippen LogP contribution in [0.2, 0.25) is 0 Å². The number of rotatable bonds is 4. The summed E-state index contributed by atoms with van der Waals surface area (Å²) in [4.78, 5) is 12.4. The van der Waals surface area contributed by atoms with Gasteiger partial charge in [0.1, 0.15) is 11.5 Å². The largest absolute Gasteiger partial charge is 0.508 e. The van der Waals surface area contributed by atoms with Gasteiger partial charge in [0, 0.05) is 11.1 Å². The molecular formula is C18H20O3. The van der Waals surface area contributed by atoms with Gasteiger partial charge in [0.2, 0.25) is 0 Å². The van der Waals surface area contributed by atoms with Crippen LogP contribution in [0.1, 0.15) is 40.9 Å². The lowest BCUT2D eigenvalue weighted by Crippen LogP contribution is -2.03. The molecule has 0 radical (unpaired) electrons. The van der Waals surface area contributed by atoms with Crippen LogP contribution in [0.3, 0.4) is 0 Å². The molecule has 0 amide bonds. The van der Waals surface area contributed by atoms with E-state index < -0.39 is 0 Å². The van der Waals surface area contributed by atoms with E-state index in [4.69, 9.17) is 0 Å². The van der Waals surface area contributed by atoms with E-state index in [0.29, 0.717) is 17.0 Å². The standard InChI is InChI=1S/C18H20O3/c1-11(2)10-13-4-6-14(7-5-13)18(21)15-8-9-16(19)12(3)17(15)20/h4-9,11,19-20H,10H2,1-3H3. The first kappa shape index (κ1) is 15.1. The van der Waals surface area contributed by atoms with Gasteiger partial charge in [-0.05, 0) is 37.0 Å². The second-order valence-corrected chi connectivity index (χ2v) is 5.73. The van der Waals surface area contributed by atoms with Gasteiger partial charge in [0.15, 0.2) is 5.78 Å². The average molecular weight is 284 g/mol. The Balaban J connectivity index is 2.30. The fourth-order valence-electron chi connectivity index (χ4n) is 2.29. The Bertz CT molecular complexity index is 655. The first-order valence-corrected chi connectivity index (χ1v) is 7.05. The SMILES string of the molecule is Cc1c(O)ccc(C(=O)c2ccc(CC(C)C)cc2)c1O. The molecule has 0 saturated heterocycles. The number of phenols is 2. The lowest BCUT2D eigenvalue weighted by molar-refractivity contribution is 0.103. The Hall–Kier alpha value is -2.29. The maximum atomic E-state index is 12.4. The second-order valence-electron chi connectivity index (χ2n) is 5.73. The van der Waals surface area contributed by atoms with E-state index in [2.05, 4.69) is 13.8 Å². The van der Waals surface area contributed by atoms with Crippen LogP contribution in [0, 0.1) is 12.8 Å². The highest BCUT2D eigenvalue weighted by molar-refractivity contribution is 6.11. The van der Waals surface area contributed by atoms with Crippen LogP contribution in [0.25, 0.3) is 0 Å². The average Bonchev–Trinajstić information content (AvgIpc) is 2.44. The molecule has 0 saturated carbocycles. The summed E-state index contributed by atoms with van der Waals surface area (Å²) in [5, 5.41) is 19.5. The molecule has 0 bridgehead atoms. The molecule has 21 heavy (non-hydrogen) atoms. The van der Waals surface area contributed by atoms with Gasteiger partial charge in [0.05, 0.1) is 5.56 Å². The van der Waals surface area contributed by atoms with Gasteiger partial charge in [-0.3, -0.25) is 4.79 Å². The Morgan fingerprint density at radius 2 is 1.67 bits per heavy atom. The van der Waals surface area contributed by atoms with Gasteiger partial charge < -0.3 is 10.2 Å². The zero-order valence-electron chi connectivity index (χ0n) is 12.6. The number of aromatic hydroxyl groups is 2. The fourth-order valence-corrected chi connectivity index (χ4v) is 2.29. The lowest BCUT2D eigenvalue weighted by Gasteiger charge is -2.09. The second kappa shape index (κ2) is 6.00. The van der Waals surface area contributed by atoms with Gasteiger partial charge >= 0.3 is 0 Å². The van der Waals surface area contributed by atoms with Crippen LogP contribution in [-0.2, 0) is 6.42 Å². The van der Waals surface area contributed by atoms with E-state index in [1.165, 1.54) is 17.7 Å². The summed E-state index contributed by atoms with van der Waals surface area (Å²) in [6.07, 6.45) is 0.970. The molecule has 110 valence electrons. The molecule has 0 aliphatic heterocycles. The molecule has 0 aromatic heterocycles. The molecule has 2 aromatic rings. The summed E-state index contributed by atoms with van der Waals surface area (Å²) < 4.78 is 0. The van der Waals surface area contributed by atoms with Crippen molar-refractivity contribution in [1.82, 2.24) is 0 Å².